The molecule has 0 saturated carbocycles. The third-order valence-corrected chi connectivity index (χ3v) is 3.39. The molecule has 20 heavy (non-hydrogen) atoms. The molecular weight excluding hydrogens is 250 g/mol. The molecule has 1 aliphatic heterocycles. The molecule has 1 aromatic rings. The van der Waals surface area contributed by atoms with Crippen LogP contribution >= 0.6 is 0 Å². The van der Waals surface area contributed by atoms with E-state index in [1.54, 1.807) is 0 Å². The van der Waals surface area contributed by atoms with Gasteiger partial charge in [0.2, 0.25) is 0 Å². The van der Waals surface area contributed by atoms with E-state index in [-0.39, 0.29) is 0 Å². The second-order valence-electron chi connectivity index (χ2n) is 4.88. The molecule has 0 bridgehead atoms. The molecule has 2 aliphatic rings. The molecule has 0 amide bonds. The first-order valence-electron chi connectivity index (χ1n) is 6.83. The summed E-state index contributed by atoms with van der Waals surface area (Å²) in [5.41, 5.74) is 7.91. The van der Waals surface area contributed by atoms with E-state index >= 15 is 0 Å². The van der Waals surface area contributed by atoms with Gasteiger partial charge in [-0.3, -0.25) is 0 Å². The number of nitrogens with zero attached hydrogens (tertiary/aromatic N) is 2. The standard InChI is InChI=1S/C16H17N3O/c17-16-11-10-15(18-19-16)12-6-8-14(9-7-12)20-13-4-2-1-3-5-13/h1-6,8H,7,9-11H2,(H2,17,19). The van der Waals surface area contributed by atoms with Crippen LogP contribution in [0.1, 0.15) is 25.7 Å². The molecule has 0 unspecified atom stereocenters. The summed E-state index contributed by atoms with van der Waals surface area (Å²) >= 11 is 0. The van der Waals surface area contributed by atoms with Crippen LogP contribution in [0.2, 0.25) is 0 Å². The first-order valence-corrected chi connectivity index (χ1v) is 6.83. The van der Waals surface area contributed by atoms with E-state index in [0.29, 0.717) is 5.84 Å². The topological polar surface area (TPSA) is 60.0 Å². The van der Waals surface area contributed by atoms with Gasteiger partial charge in [-0.1, -0.05) is 24.3 Å². The summed E-state index contributed by atoms with van der Waals surface area (Å²) in [4.78, 5) is 0. The van der Waals surface area contributed by atoms with E-state index < -0.39 is 0 Å². The molecular formula is C16H17N3O. The summed E-state index contributed by atoms with van der Waals surface area (Å²) in [6.07, 6.45) is 7.61. The fourth-order valence-electron chi connectivity index (χ4n) is 2.28. The maximum atomic E-state index is 5.84. The second kappa shape index (κ2) is 5.74. The Kier molecular flexibility index (Phi) is 3.63. The number of hydrogen-bond donors (Lipinski definition) is 1. The summed E-state index contributed by atoms with van der Waals surface area (Å²) in [5, 5.41) is 8.15. The van der Waals surface area contributed by atoms with Gasteiger partial charge in [-0.15, -0.1) is 5.10 Å². The summed E-state index contributed by atoms with van der Waals surface area (Å²) in [5.74, 6) is 2.48. The van der Waals surface area contributed by atoms with Crippen molar-refractivity contribution in [1.29, 1.82) is 0 Å². The van der Waals surface area contributed by atoms with Gasteiger partial charge in [0, 0.05) is 12.8 Å². The Morgan fingerprint density at radius 1 is 0.900 bits per heavy atom. The normalized spacial score (nSPS) is 18.6. The minimum Gasteiger partial charge on any atom is -0.462 e. The van der Waals surface area contributed by atoms with Crippen LogP contribution in [0.3, 0.4) is 0 Å². The Bertz CT molecular complexity index is 612. The maximum Gasteiger partial charge on any atom is 0.126 e. The van der Waals surface area contributed by atoms with Crippen molar-refractivity contribution in [2.24, 2.45) is 15.9 Å². The lowest BCUT2D eigenvalue weighted by Gasteiger charge is -2.17. The van der Waals surface area contributed by atoms with Crippen LogP contribution in [0.25, 0.3) is 0 Å². The monoisotopic (exact) mass is 267 g/mol. The zero-order valence-electron chi connectivity index (χ0n) is 11.2. The number of amidine groups is 1. The molecule has 0 saturated heterocycles. The Balaban J connectivity index is 1.70. The lowest BCUT2D eigenvalue weighted by molar-refractivity contribution is 0.402. The van der Waals surface area contributed by atoms with Gasteiger partial charge in [-0.2, -0.15) is 5.10 Å². The lowest BCUT2D eigenvalue weighted by atomic mass is 9.96. The Hall–Kier alpha value is -2.36. The summed E-state index contributed by atoms with van der Waals surface area (Å²) in [6, 6.07) is 9.84. The summed E-state index contributed by atoms with van der Waals surface area (Å²) < 4.78 is 5.84. The molecule has 1 aromatic carbocycles. The molecule has 1 heterocycles. The molecule has 4 nitrogen and oxygen atoms in total. The van der Waals surface area contributed by atoms with E-state index in [1.807, 2.05) is 36.4 Å². The van der Waals surface area contributed by atoms with E-state index in [1.165, 1.54) is 5.57 Å². The number of benzene rings is 1. The van der Waals surface area contributed by atoms with Crippen molar-refractivity contribution in [3.05, 3.63) is 53.8 Å². The predicted octanol–water partition coefficient (Wildman–Crippen LogP) is 3.18. The number of allylic oxidation sites excluding steroid dienone is 4. The van der Waals surface area contributed by atoms with Gasteiger partial charge in [0.15, 0.2) is 0 Å². The molecule has 0 spiro atoms. The van der Waals surface area contributed by atoms with Crippen LogP contribution in [0, 0.1) is 0 Å². The highest BCUT2D eigenvalue weighted by Gasteiger charge is 2.15. The van der Waals surface area contributed by atoms with Crippen molar-refractivity contribution < 1.29 is 4.74 Å². The number of rotatable bonds is 3. The van der Waals surface area contributed by atoms with Crippen LogP contribution in [0.4, 0.5) is 0 Å². The Morgan fingerprint density at radius 3 is 2.40 bits per heavy atom. The average molecular weight is 267 g/mol. The third kappa shape index (κ3) is 2.96. The van der Waals surface area contributed by atoms with Crippen molar-refractivity contribution in [1.82, 2.24) is 0 Å². The zero-order chi connectivity index (χ0) is 13.8. The quantitative estimate of drug-likeness (QED) is 0.914. The third-order valence-electron chi connectivity index (χ3n) is 3.39. The number of hydrogen-bond acceptors (Lipinski definition) is 4. The summed E-state index contributed by atoms with van der Waals surface area (Å²) in [7, 11) is 0. The molecule has 3 rings (SSSR count). The summed E-state index contributed by atoms with van der Waals surface area (Å²) in [6.45, 7) is 0. The first kappa shape index (κ1) is 12.7. The van der Waals surface area contributed by atoms with Crippen LogP contribution in [-0.4, -0.2) is 11.5 Å². The number of nitrogens with two attached hydrogens (primary N) is 1. The van der Waals surface area contributed by atoms with Gasteiger partial charge < -0.3 is 10.5 Å². The minimum atomic E-state index is 0.619. The highest BCUT2D eigenvalue weighted by atomic mass is 16.5. The average Bonchev–Trinajstić information content (AvgIpc) is 2.50. The van der Waals surface area contributed by atoms with Gasteiger partial charge in [-0.05, 0) is 36.6 Å². The molecule has 4 heteroatoms. The van der Waals surface area contributed by atoms with Crippen molar-refractivity contribution in [2.75, 3.05) is 0 Å². The van der Waals surface area contributed by atoms with Gasteiger partial charge in [-0.25, -0.2) is 0 Å². The molecule has 1 aliphatic carbocycles. The lowest BCUT2D eigenvalue weighted by Crippen LogP contribution is -2.19. The maximum absolute atomic E-state index is 5.84. The fourth-order valence-corrected chi connectivity index (χ4v) is 2.28. The van der Waals surface area contributed by atoms with Crippen LogP contribution in [0.5, 0.6) is 5.75 Å². The first-order chi connectivity index (χ1) is 9.81. The Morgan fingerprint density at radius 2 is 1.75 bits per heavy atom. The van der Waals surface area contributed by atoms with Gasteiger partial charge >= 0.3 is 0 Å². The largest absolute Gasteiger partial charge is 0.462 e. The smallest absolute Gasteiger partial charge is 0.126 e. The van der Waals surface area contributed by atoms with Gasteiger partial charge in [0.05, 0.1) is 5.71 Å². The van der Waals surface area contributed by atoms with Gasteiger partial charge in [0.25, 0.3) is 0 Å². The van der Waals surface area contributed by atoms with Crippen molar-refractivity contribution in [3.8, 4) is 5.75 Å². The SMILES string of the molecule is NC1=NN=C(C2=CC=C(Oc3ccccc3)CC2)CC1. The molecule has 102 valence electrons. The highest BCUT2D eigenvalue weighted by Crippen LogP contribution is 2.24. The van der Waals surface area contributed by atoms with Crippen molar-refractivity contribution in [2.45, 2.75) is 25.7 Å². The Labute approximate surface area is 118 Å². The zero-order valence-corrected chi connectivity index (χ0v) is 11.2. The fraction of sp³-hybridized carbons (Fsp3) is 0.250. The van der Waals surface area contributed by atoms with Crippen molar-refractivity contribution in [3.63, 3.8) is 0 Å². The van der Waals surface area contributed by atoms with E-state index in [9.17, 15) is 0 Å². The highest BCUT2D eigenvalue weighted by molar-refractivity contribution is 6.04. The molecule has 0 fully saturated rings. The number of para-hydroxylation sites is 1. The molecule has 0 atom stereocenters. The van der Waals surface area contributed by atoms with E-state index in [2.05, 4.69) is 16.3 Å². The molecule has 2 N–H and O–H groups in total. The van der Waals surface area contributed by atoms with Crippen molar-refractivity contribution >= 4 is 11.5 Å². The van der Waals surface area contributed by atoms with E-state index in [0.717, 1.165) is 42.9 Å². The minimum absolute atomic E-state index is 0.619. The van der Waals surface area contributed by atoms with Gasteiger partial charge in [0.1, 0.15) is 17.3 Å². The second-order valence-corrected chi connectivity index (χ2v) is 4.88. The van der Waals surface area contributed by atoms with E-state index in [4.69, 9.17) is 10.5 Å². The number of ether oxygens (including phenoxy) is 1. The van der Waals surface area contributed by atoms with Crippen LogP contribution in [-0.2, 0) is 0 Å². The molecule has 0 radical (unpaired) electrons. The van der Waals surface area contributed by atoms with Crippen LogP contribution < -0.4 is 10.5 Å². The molecule has 0 aromatic heterocycles. The predicted molar refractivity (Wildman–Crippen MR) is 80.8 cm³/mol. The van der Waals surface area contributed by atoms with Crippen LogP contribution in [0.15, 0.2) is 64.0 Å².